The molecule has 1 fully saturated rings. The van der Waals surface area contributed by atoms with Gasteiger partial charge in [-0.25, -0.2) is 0 Å². The predicted octanol–water partition coefficient (Wildman–Crippen LogP) is 4.57. The average Bonchev–Trinajstić information content (AvgIpc) is 2.70. The van der Waals surface area contributed by atoms with Gasteiger partial charge in [-0.3, -0.25) is 4.79 Å². The van der Waals surface area contributed by atoms with E-state index in [2.05, 4.69) is 54.6 Å². The van der Waals surface area contributed by atoms with Crippen LogP contribution in [0.3, 0.4) is 0 Å². The number of hydrogen-bond acceptors (Lipinski definition) is 3. The summed E-state index contributed by atoms with van der Waals surface area (Å²) >= 11 is 0. The van der Waals surface area contributed by atoms with Gasteiger partial charge in [0.25, 0.3) is 0 Å². The van der Waals surface area contributed by atoms with Gasteiger partial charge in [0.05, 0.1) is 0 Å². The van der Waals surface area contributed by atoms with Crippen LogP contribution in [0.25, 0.3) is 0 Å². The van der Waals surface area contributed by atoms with Crippen molar-refractivity contribution in [1.82, 2.24) is 0 Å². The molecular formula is C23H30ClNO2. The predicted molar refractivity (Wildman–Crippen MR) is 112 cm³/mol. The summed E-state index contributed by atoms with van der Waals surface area (Å²) in [6, 6.07) is 20.6. The van der Waals surface area contributed by atoms with Crippen LogP contribution in [0.1, 0.15) is 37.3 Å². The summed E-state index contributed by atoms with van der Waals surface area (Å²) < 4.78 is 5.77. The van der Waals surface area contributed by atoms with Crippen molar-refractivity contribution in [3.8, 4) is 0 Å². The van der Waals surface area contributed by atoms with Crippen LogP contribution in [0.15, 0.2) is 60.7 Å². The van der Waals surface area contributed by atoms with Gasteiger partial charge in [0, 0.05) is 5.92 Å². The molecule has 0 amide bonds. The number of ether oxygens (including phenoxy) is 1. The van der Waals surface area contributed by atoms with E-state index >= 15 is 0 Å². The highest BCUT2D eigenvalue weighted by Gasteiger charge is 2.32. The number of rotatable bonds is 4. The highest BCUT2D eigenvalue weighted by atomic mass is 35.5. The van der Waals surface area contributed by atoms with E-state index in [4.69, 9.17) is 10.5 Å². The van der Waals surface area contributed by atoms with Crippen LogP contribution in [0, 0.1) is 11.8 Å². The Balaban J connectivity index is 0.00000261. The monoisotopic (exact) mass is 387 g/mol. The molecule has 1 aliphatic heterocycles. The maximum Gasteiger partial charge on any atom is 0.323 e. The molecule has 4 atom stereocenters. The van der Waals surface area contributed by atoms with Crippen LogP contribution in [0.5, 0.6) is 0 Å². The molecule has 2 N–H and O–H groups in total. The molecule has 1 aliphatic rings. The van der Waals surface area contributed by atoms with Gasteiger partial charge in [0.1, 0.15) is 12.1 Å². The van der Waals surface area contributed by atoms with E-state index in [1.54, 1.807) is 0 Å². The lowest BCUT2D eigenvalue weighted by molar-refractivity contribution is -0.153. The Morgan fingerprint density at radius 1 is 0.926 bits per heavy atom. The van der Waals surface area contributed by atoms with Gasteiger partial charge >= 0.3 is 5.97 Å². The van der Waals surface area contributed by atoms with Gasteiger partial charge in [-0.15, -0.1) is 12.4 Å². The molecule has 27 heavy (non-hydrogen) atoms. The SMILES string of the molecule is C[C@@H]1OC(=O)[C@@H](N)CCC[C@H](Cc2ccccc2)[C@H]1Cc1ccccc1.Cl. The molecule has 4 heteroatoms. The Bertz CT molecular complexity index is 692. The van der Waals surface area contributed by atoms with Crippen molar-refractivity contribution in [2.24, 2.45) is 17.6 Å². The molecule has 0 spiro atoms. The minimum Gasteiger partial charge on any atom is -0.461 e. The van der Waals surface area contributed by atoms with Crippen molar-refractivity contribution in [3.05, 3.63) is 71.8 Å². The zero-order valence-corrected chi connectivity index (χ0v) is 16.7. The molecule has 1 heterocycles. The molecule has 0 bridgehead atoms. The molecule has 1 saturated heterocycles. The highest BCUT2D eigenvalue weighted by molar-refractivity contribution is 5.85. The standard InChI is InChI=1S/C23H29NO2.ClH/c1-17-21(16-19-11-6-3-7-12-19)20(15-18-9-4-2-5-10-18)13-8-14-22(24)23(25)26-17;/h2-7,9-12,17,20-22H,8,13-16,24H2,1H3;1H/t17-,20+,21-,22-;/m0./s1. The van der Waals surface area contributed by atoms with Gasteiger partial charge in [0.2, 0.25) is 0 Å². The second-order valence-corrected chi connectivity index (χ2v) is 7.48. The Labute approximate surface area is 168 Å². The number of esters is 1. The zero-order valence-electron chi connectivity index (χ0n) is 15.9. The number of carbonyl (C=O) groups is 1. The first kappa shape index (κ1) is 21.5. The van der Waals surface area contributed by atoms with E-state index in [0.717, 1.165) is 25.7 Å². The van der Waals surface area contributed by atoms with Gasteiger partial charge in [0.15, 0.2) is 0 Å². The van der Waals surface area contributed by atoms with E-state index in [9.17, 15) is 4.79 Å². The average molecular weight is 388 g/mol. The van der Waals surface area contributed by atoms with E-state index in [0.29, 0.717) is 12.3 Å². The Kier molecular flexibility index (Phi) is 8.33. The van der Waals surface area contributed by atoms with Gasteiger partial charge < -0.3 is 10.5 Å². The smallest absolute Gasteiger partial charge is 0.323 e. The van der Waals surface area contributed by atoms with E-state index < -0.39 is 6.04 Å². The summed E-state index contributed by atoms with van der Waals surface area (Å²) in [5.74, 6) is 0.494. The molecule has 146 valence electrons. The number of hydrogen-bond donors (Lipinski definition) is 1. The van der Waals surface area contributed by atoms with Crippen molar-refractivity contribution in [2.75, 3.05) is 0 Å². The first-order valence-electron chi connectivity index (χ1n) is 9.67. The van der Waals surface area contributed by atoms with E-state index in [1.807, 2.05) is 13.0 Å². The molecule has 0 aromatic heterocycles. The third kappa shape index (κ3) is 6.08. The molecule has 3 rings (SSSR count). The van der Waals surface area contributed by atoms with Gasteiger partial charge in [-0.05, 0) is 49.7 Å². The number of benzene rings is 2. The van der Waals surface area contributed by atoms with Crippen LogP contribution >= 0.6 is 12.4 Å². The molecule has 0 radical (unpaired) electrons. The van der Waals surface area contributed by atoms with Crippen molar-refractivity contribution in [1.29, 1.82) is 0 Å². The van der Waals surface area contributed by atoms with E-state index in [1.165, 1.54) is 11.1 Å². The lowest BCUT2D eigenvalue weighted by atomic mass is 9.77. The van der Waals surface area contributed by atoms with Crippen molar-refractivity contribution < 1.29 is 9.53 Å². The first-order chi connectivity index (χ1) is 12.6. The summed E-state index contributed by atoms with van der Waals surface area (Å²) in [5.41, 5.74) is 8.64. The molecule has 0 aliphatic carbocycles. The third-order valence-electron chi connectivity index (χ3n) is 5.56. The van der Waals surface area contributed by atoms with Crippen LogP contribution in [-0.2, 0) is 22.4 Å². The minimum absolute atomic E-state index is 0. The molecule has 3 nitrogen and oxygen atoms in total. The first-order valence-corrected chi connectivity index (χ1v) is 9.67. The molecule has 2 aromatic rings. The fourth-order valence-corrected chi connectivity index (χ4v) is 4.06. The number of nitrogens with two attached hydrogens (primary N) is 1. The van der Waals surface area contributed by atoms with Crippen molar-refractivity contribution >= 4 is 18.4 Å². The van der Waals surface area contributed by atoms with Gasteiger partial charge in [-0.1, -0.05) is 67.1 Å². The summed E-state index contributed by atoms with van der Waals surface area (Å²) in [6.07, 6.45) is 4.53. The maximum absolute atomic E-state index is 12.2. The lowest BCUT2D eigenvalue weighted by Gasteiger charge is -2.31. The second-order valence-electron chi connectivity index (χ2n) is 7.48. The van der Waals surface area contributed by atoms with Crippen LogP contribution < -0.4 is 5.73 Å². The molecular weight excluding hydrogens is 358 g/mol. The summed E-state index contributed by atoms with van der Waals surface area (Å²) in [5, 5.41) is 0. The van der Waals surface area contributed by atoms with Crippen molar-refractivity contribution in [3.63, 3.8) is 0 Å². The normalized spacial score (nSPS) is 26.1. The number of carbonyl (C=O) groups excluding carboxylic acids is 1. The Morgan fingerprint density at radius 2 is 1.48 bits per heavy atom. The summed E-state index contributed by atoms with van der Waals surface area (Å²) in [7, 11) is 0. The quantitative estimate of drug-likeness (QED) is 0.782. The summed E-state index contributed by atoms with van der Waals surface area (Å²) in [6.45, 7) is 2.03. The minimum atomic E-state index is -0.495. The lowest BCUT2D eigenvalue weighted by Crippen LogP contribution is -2.37. The van der Waals surface area contributed by atoms with Crippen LogP contribution in [-0.4, -0.2) is 18.1 Å². The fourth-order valence-electron chi connectivity index (χ4n) is 4.06. The van der Waals surface area contributed by atoms with Crippen LogP contribution in [0.2, 0.25) is 0 Å². The summed E-state index contributed by atoms with van der Waals surface area (Å²) in [4.78, 5) is 12.2. The Hall–Kier alpha value is -1.84. The molecule has 0 unspecified atom stereocenters. The highest BCUT2D eigenvalue weighted by Crippen LogP contribution is 2.32. The topological polar surface area (TPSA) is 52.3 Å². The van der Waals surface area contributed by atoms with Gasteiger partial charge in [-0.2, -0.15) is 0 Å². The van der Waals surface area contributed by atoms with E-state index in [-0.39, 0.29) is 30.4 Å². The third-order valence-corrected chi connectivity index (χ3v) is 5.56. The Morgan fingerprint density at radius 3 is 2.07 bits per heavy atom. The fraction of sp³-hybridized carbons (Fsp3) is 0.435. The second kappa shape index (κ2) is 10.5. The van der Waals surface area contributed by atoms with Crippen LogP contribution in [0.4, 0.5) is 0 Å². The molecule has 0 saturated carbocycles. The molecule has 2 aromatic carbocycles. The van der Waals surface area contributed by atoms with Crippen molar-refractivity contribution in [2.45, 2.75) is 51.2 Å². The number of cyclic esters (lactones) is 1. The zero-order chi connectivity index (χ0) is 18.4. The number of halogens is 1. The maximum atomic E-state index is 12.2. The largest absolute Gasteiger partial charge is 0.461 e.